The van der Waals surface area contributed by atoms with Gasteiger partial charge in [-0.15, -0.1) is 0 Å². The van der Waals surface area contributed by atoms with E-state index in [1.807, 2.05) is 24.3 Å². The molecule has 0 unspecified atom stereocenters. The third kappa shape index (κ3) is 2.66. The van der Waals surface area contributed by atoms with Crippen LogP contribution in [0.5, 0.6) is 0 Å². The first-order chi connectivity index (χ1) is 9.61. The predicted octanol–water partition coefficient (Wildman–Crippen LogP) is 3.89. The highest BCUT2D eigenvalue weighted by Gasteiger charge is 2.10. The van der Waals surface area contributed by atoms with Gasteiger partial charge in [0.2, 0.25) is 0 Å². The molecule has 4 nitrogen and oxygen atoms in total. The minimum atomic E-state index is -0.182. The lowest BCUT2D eigenvalue weighted by atomic mass is 10.2. The van der Waals surface area contributed by atoms with Crippen LogP contribution in [-0.4, -0.2) is 10.9 Å². The smallest absolute Gasteiger partial charge is 0.257 e. The zero-order chi connectivity index (χ0) is 14.1. The van der Waals surface area contributed by atoms with Gasteiger partial charge in [0.15, 0.2) is 5.13 Å². The van der Waals surface area contributed by atoms with Crippen molar-refractivity contribution in [2.75, 3.05) is 11.1 Å². The first-order valence-electron chi connectivity index (χ1n) is 5.85. The Bertz CT molecular complexity index is 800. The highest BCUT2D eigenvalue weighted by molar-refractivity contribution is 9.10. The Labute approximate surface area is 127 Å². The van der Waals surface area contributed by atoms with Crippen molar-refractivity contribution in [3.8, 4) is 0 Å². The van der Waals surface area contributed by atoms with Gasteiger partial charge in [-0.2, -0.15) is 0 Å². The van der Waals surface area contributed by atoms with Gasteiger partial charge >= 0.3 is 0 Å². The maximum atomic E-state index is 12.1. The fraction of sp³-hybridized carbons (Fsp3) is 0. The van der Waals surface area contributed by atoms with Crippen molar-refractivity contribution in [2.24, 2.45) is 0 Å². The van der Waals surface area contributed by atoms with Gasteiger partial charge in [-0.3, -0.25) is 10.1 Å². The van der Waals surface area contributed by atoms with E-state index in [1.165, 1.54) is 11.3 Å². The summed E-state index contributed by atoms with van der Waals surface area (Å²) >= 11 is 4.75. The fourth-order valence-corrected chi connectivity index (χ4v) is 3.10. The number of anilines is 2. The molecule has 1 amide bonds. The van der Waals surface area contributed by atoms with E-state index < -0.39 is 0 Å². The molecule has 0 aliphatic carbocycles. The van der Waals surface area contributed by atoms with Gasteiger partial charge in [0.1, 0.15) is 0 Å². The van der Waals surface area contributed by atoms with Crippen LogP contribution in [0.1, 0.15) is 10.4 Å². The van der Waals surface area contributed by atoms with Crippen LogP contribution >= 0.6 is 27.3 Å². The lowest BCUT2D eigenvalue weighted by molar-refractivity contribution is 0.102. The average molecular weight is 348 g/mol. The second-order valence-electron chi connectivity index (χ2n) is 4.21. The highest BCUT2D eigenvalue weighted by Crippen LogP contribution is 2.27. The number of fused-ring (bicyclic) bond motifs is 1. The van der Waals surface area contributed by atoms with Crippen LogP contribution < -0.4 is 11.1 Å². The van der Waals surface area contributed by atoms with Crippen molar-refractivity contribution >= 4 is 54.2 Å². The van der Waals surface area contributed by atoms with Gasteiger partial charge in [-0.05, 0) is 36.4 Å². The molecule has 0 radical (unpaired) electrons. The molecule has 0 atom stereocenters. The molecule has 1 heterocycles. The lowest BCUT2D eigenvalue weighted by Gasteiger charge is -2.01. The zero-order valence-electron chi connectivity index (χ0n) is 10.3. The van der Waals surface area contributed by atoms with Crippen LogP contribution in [0.4, 0.5) is 10.8 Å². The van der Waals surface area contributed by atoms with Gasteiger partial charge in [-0.1, -0.05) is 33.3 Å². The maximum Gasteiger partial charge on any atom is 0.257 e. The van der Waals surface area contributed by atoms with Crippen molar-refractivity contribution in [1.29, 1.82) is 0 Å². The summed E-state index contributed by atoms with van der Waals surface area (Å²) in [6.45, 7) is 0. The number of nitrogen functional groups attached to an aromatic ring is 1. The molecule has 6 heteroatoms. The topological polar surface area (TPSA) is 68.0 Å². The Morgan fingerprint density at radius 2 is 2.10 bits per heavy atom. The number of hydrogen-bond acceptors (Lipinski definition) is 4. The van der Waals surface area contributed by atoms with Crippen LogP contribution in [0.15, 0.2) is 46.9 Å². The summed E-state index contributed by atoms with van der Waals surface area (Å²) in [6, 6.07) is 12.7. The number of halogens is 1. The summed E-state index contributed by atoms with van der Waals surface area (Å²) in [4.78, 5) is 16.5. The Kier molecular flexibility index (Phi) is 3.42. The number of nitrogens with two attached hydrogens (primary N) is 1. The number of benzene rings is 2. The van der Waals surface area contributed by atoms with Crippen molar-refractivity contribution in [3.63, 3.8) is 0 Å². The van der Waals surface area contributed by atoms with E-state index >= 15 is 0 Å². The summed E-state index contributed by atoms with van der Waals surface area (Å²) in [5.41, 5.74) is 7.82. The summed E-state index contributed by atoms with van der Waals surface area (Å²) in [6.07, 6.45) is 0. The molecule has 3 N–H and O–H groups in total. The Morgan fingerprint density at radius 1 is 1.25 bits per heavy atom. The number of nitrogens with zero attached hydrogens (tertiary/aromatic N) is 1. The molecule has 100 valence electrons. The molecule has 0 spiro atoms. The van der Waals surface area contributed by atoms with Gasteiger partial charge in [0.25, 0.3) is 5.91 Å². The molecule has 0 aliphatic rings. The predicted molar refractivity (Wildman–Crippen MR) is 86.1 cm³/mol. The molecule has 0 fully saturated rings. The SMILES string of the molecule is Nc1ccc2nc(NC(=O)c3cccc(Br)c3)sc2c1. The Morgan fingerprint density at radius 3 is 2.90 bits per heavy atom. The van der Waals surface area contributed by atoms with Crippen molar-refractivity contribution in [2.45, 2.75) is 0 Å². The Balaban J connectivity index is 1.87. The van der Waals surface area contributed by atoms with Crippen LogP contribution in [0.2, 0.25) is 0 Å². The molecule has 20 heavy (non-hydrogen) atoms. The van der Waals surface area contributed by atoms with Gasteiger partial charge < -0.3 is 5.73 Å². The lowest BCUT2D eigenvalue weighted by Crippen LogP contribution is -2.11. The van der Waals surface area contributed by atoms with Gasteiger partial charge in [-0.25, -0.2) is 4.98 Å². The molecular weight excluding hydrogens is 338 g/mol. The number of thiazole rings is 1. The summed E-state index contributed by atoms with van der Waals surface area (Å²) < 4.78 is 1.82. The van der Waals surface area contributed by atoms with Crippen LogP contribution in [-0.2, 0) is 0 Å². The maximum absolute atomic E-state index is 12.1. The molecule has 0 saturated heterocycles. The highest BCUT2D eigenvalue weighted by atomic mass is 79.9. The summed E-state index contributed by atoms with van der Waals surface area (Å²) in [5.74, 6) is -0.182. The first-order valence-corrected chi connectivity index (χ1v) is 7.46. The van der Waals surface area contributed by atoms with Crippen LogP contribution in [0, 0.1) is 0 Å². The fourth-order valence-electron chi connectivity index (χ4n) is 1.79. The van der Waals surface area contributed by atoms with Crippen molar-refractivity contribution in [1.82, 2.24) is 4.98 Å². The molecule has 0 aliphatic heterocycles. The number of aromatic nitrogens is 1. The largest absolute Gasteiger partial charge is 0.399 e. The number of carbonyl (C=O) groups excluding carboxylic acids is 1. The zero-order valence-corrected chi connectivity index (χ0v) is 12.7. The van der Waals surface area contributed by atoms with E-state index in [1.54, 1.807) is 18.2 Å². The molecular formula is C14H10BrN3OS. The average Bonchev–Trinajstić information content (AvgIpc) is 2.80. The summed E-state index contributed by atoms with van der Waals surface area (Å²) in [7, 11) is 0. The number of rotatable bonds is 2. The minimum Gasteiger partial charge on any atom is -0.399 e. The molecule has 0 bridgehead atoms. The van der Waals surface area contributed by atoms with E-state index in [9.17, 15) is 4.79 Å². The quantitative estimate of drug-likeness (QED) is 0.691. The summed E-state index contributed by atoms with van der Waals surface area (Å²) in [5, 5.41) is 3.37. The second kappa shape index (κ2) is 5.22. The monoisotopic (exact) mass is 347 g/mol. The molecule has 2 aromatic carbocycles. The third-order valence-corrected chi connectivity index (χ3v) is 4.15. The van der Waals surface area contributed by atoms with E-state index in [0.717, 1.165) is 14.7 Å². The van der Waals surface area contributed by atoms with Gasteiger partial charge in [0, 0.05) is 15.7 Å². The molecule has 1 aromatic heterocycles. The third-order valence-electron chi connectivity index (χ3n) is 2.72. The van der Waals surface area contributed by atoms with Crippen molar-refractivity contribution < 1.29 is 4.79 Å². The van der Waals surface area contributed by atoms with E-state index in [0.29, 0.717) is 16.4 Å². The number of carbonyl (C=O) groups is 1. The normalized spacial score (nSPS) is 10.7. The Hall–Kier alpha value is -1.92. The van der Waals surface area contributed by atoms with Crippen LogP contribution in [0.3, 0.4) is 0 Å². The molecule has 3 rings (SSSR count). The van der Waals surface area contributed by atoms with E-state index in [2.05, 4.69) is 26.2 Å². The second-order valence-corrected chi connectivity index (χ2v) is 6.16. The number of amides is 1. The number of hydrogen-bond donors (Lipinski definition) is 2. The van der Waals surface area contributed by atoms with Crippen LogP contribution in [0.25, 0.3) is 10.2 Å². The van der Waals surface area contributed by atoms with E-state index in [4.69, 9.17) is 5.73 Å². The standard InChI is InChI=1S/C14H10BrN3OS/c15-9-3-1-2-8(6-9)13(19)18-14-17-11-5-4-10(16)7-12(11)20-14/h1-7H,16H2,(H,17,18,19). The first kappa shape index (κ1) is 13.1. The number of nitrogens with one attached hydrogen (secondary N) is 1. The van der Waals surface area contributed by atoms with E-state index in [-0.39, 0.29) is 5.91 Å². The van der Waals surface area contributed by atoms with Crippen molar-refractivity contribution in [3.05, 3.63) is 52.5 Å². The molecule has 3 aromatic rings. The minimum absolute atomic E-state index is 0.182. The van der Waals surface area contributed by atoms with Gasteiger partial charge in [0.05, 0.1) is 10.2 Å². The molecule has 0 saturated carbocycles.